The van der Waals surface area contributed by atoms with E-state index in [2.05, 4.69) is 37.1 Å². The Balaban J connectivity index is 2.20. The minimum atomic E-state index is 0.295. The quantitative estimate of drug-likeness (QED) is 0.897. The Morgan fingerprint density at radius 2 is 2.19 bits per heavy atom. The Morgan fingerprint density at radius 3 is 2.86 bits per heavy atom. The topological polar surface area (TPSA) is 24.5 Å². The van der Waals surface area contributed by atoms with E-state index in [4.69, 9.17) is 16.3 Å². The van der Waals surface area contributed by atoms with Gasteiger partial charge in [0.1, 0.15) is 0 Å². The van der Waals surface area contributed by atoms with Gasteiger partial charge in [-0.3, -0.25) is 0 Å². The van der Waals surface area contributed by atoms with Gasteiger partial charge in [0.25, 0.3) is 0 Å². The summed E-state index contributed by atoms with van der Waals surface area (Å²) < 4.78 is 5.63. The first-order chi connectivity index (χ1) is 10.0. The largest absolute Gasteiger partial charge is 0.379 e. The fourth-order valence-corrected chi connectivity index (χ4v) is 3.12. The van der Waals surface area contributed by atoms with Crippen LogP contribution in [0.15, 0.2) is 18.2 Å². The van der Waals surface area contributed by atoms with Crippen LogP contribution < -0.4 is 10.2 Å². The van der Waals surface area contributed by atoms with Crippen molar-refractivity contribution in [3.63, 3.8) is 0 Å². The Hall–Kier alpha value is -0.770. The van der Waals surface area contributed by atoms with E-state index in [0.717, 1.165) is 31.1 Å². The molecule has 1 heterocycles. The molecule has 2 atom stereocenters. The minimum Gasteiger partial charge on any atom is -0.379 e. The SMILES string of the molecule is COC1CN(c2cccc(Cl)c2CNC(C)C)CCC1C. The van der Waals surface area contributed by atoms with Gasteiger partial charge in [-0.05, 0) is 24.5 Å². The molecular formula is C17H27ClN2O. The molecule has 0 amide bonds. The highest BCUT2D eigenvalue weighted by Crippen LogP contribution is 2.31. The second-order valence-corrected chi connectivity index (χ2v) is 6.67. The second-order valence-electron chi connectivity index (χ2n) is 6.26. The van der Waals surface area contributed by atoms with E-state index in [1.54, 1.807) is 0 Å². The number of methoxy groups -OCH3 is 1. The van der Waals surface area contributed by atoms with Crippen molar-refractivity contribution in [2.24, 2.45) is 5.92 Å². The average Bonchev–Trinajstić information content (AvgIpc) is 2.46. The summed E-state index contributed by atoms with van der Waals surface area (Å²) in [5, 5.41) is 4.31. The maximum absolute atomic E-state index is 6.43. The second kappa shape index (κ2) is 7.48. The molecule has 0 spiro atoms. The molecule has 1 aliphatic heterocycles. The van der Waals surface area contributed by atoms with E-state index in [9.17, 15) is 0 Å². The molecule has 0 aliphatic carbocycles. The Bertz CT molecular complexity index is 464. The maximum Gasteiger partial charge on any atom is 0.0772 e. The van der Waals surface area contributed by atoms with Crippen molar-refractivity contribution >= 4 is 17.3 Å². The first-order valence-corrected chi connectivity index (χ1v) is 8.19. The molecule has 1 N–H and O–H groups in total. The van der Waals surface area contributed by atoms with Crippen molar-refractivity contribution in [1.82, 2.24) is 5.32 Å². The average molecular weight is 311 g/mol. The summed E-state index contributed by atoms with van der Waals surface area (Å²) in [7, 11) is 1.81. The summed E-state index contributed by atoms with van der Waals surface area (Å²) >= 11 is 6.43. The molecule has 2 unspecified atom stereocenters. The molecule has 1 aliphatic rings. The van der Waals surface area contributed by atoms with E-state index in [1.165, 1.54) is 11.3 Å². The van der Waals surface area contributed by atoms with Gasteiger partial charge in [-0.25, -0.2) is 0 Å². The van der Waals surface area contributed by atoms with Crippen LogP contribution >= 0.6 is 11.6 Å². The van der Waals surface area contributed by atoms with Crippen molar-refractivity contribution in [2.45, 2.75) is 45.9 Å². The molecule has 0 aromatic heterocycles. The molecule has 0 radical (unpaired) electrons. The number of benzene rings is 1. The Kier molecular flexibility index (Phi) is 5.91. The fraction of sp³-hybridized carbons (Fsp3) is 0.647. The van der Waals surface area contributed by atoms with Crippen molar-refractivity contribution in [2.75, 3.05) is 25.1 Å². The molecule has 0 bridgehead atoms. The third kappa shape index (κ3) is 4.12. The fourth-order valence-electron chi connectivity index (χ4n) is 2.88. The van der Waals surface area contributed by atoms with E-state index < -0.39 is 0 Å². The smallest absolute Gasteiger partial charge is 0.0772 e. The van der Waals surface area contributed by atoms with Crippen molar-refractivity contribution in [3.8, 4) is 0 Å². The van der Waals surface area contributed by atoms with Crippen molar-refractivity contribution in [1.29, 1.82) is 0 Å². The molecule has 21 heavy (non-hydrogen) atoms. The van der Waals surface area contributed by atoms with E-state index in [1.807, 2.05) is 19.2 Å². The van der Waals surface area contributed by atoms with E-state index in [0.29, 0.717) is 18.1 Å². The Morgan fingerprint density at radius 1 is 1.43 bits per heavy atom. The summed E-state index contributed by atoms with van der Waals surface area (Å²) in [6.07, 6.45) is 1.45. The van der Waals surface area contributed by atoms with Crippen LogP contribution in [0, 0.1) is 5.92 Å². The third-order valence-corrected chi connectivity index (χ3v) is 4.67. The number of nitrogens with one attached hydrogen (secondary N) is 1. The lowest BCUT2D eigenvalue weighted by Crippen LogP contribution is -2.44. The molecule has 0 saturated carbocycles. The van der Waals surface area contributed by atoms with Gasteiger partial charge in [-0.15, -0.1) is 0 Å². The van der Waals surface area contributed by atoms with E-state index in [-0.39, 0.29) is 0 Å². The van der Waals surface area contributed by atoms with Crippen LogP contribution in [0.25, 0.3) is 0 Å². The van der Waals surface area contributed by atoms with Crippen LogP contribution in [-0.2, 0) is 11.3 Å². The van der Waals surface area contributed by atoms with Crippen molar-refractivity contribution in [3.05, 3.63) is 28.8 Å². The number of halogens is 1. The van der Waals surface area contributed by atoms with Crippen LogP contribution in [0.4, 0.5) is 5.69 Å². The molecule has 3 nitrogen and oxygen atoms in total. The van der Waals surface area contributed by atoms with E-state index >= 15 is 0 Å². The molecule has 2 rings (SSSR count). The number of hydrogen-bond donors (Lipinski definition) is 1. The lowest BCUT2D eigenvalue weighted by molar-refractivity contribution is 0.0498. The summed E-state index contributed by atoms with van der Waals surface area (Å²) in [6.45, 7) is 9.38. The zero-order valence-electron chi connectivity index (χ0n) is 13.5. The van der Waals surface area contributed by atoms with Crippen molar-refractivity contribution < 1.29 is 4.74 Å². The highest BCUT2D eigenvalue weighted by atomic mass is 35.5. The number of hydrogen-bond acceptors (Lipinski definition) is 3. The normalized spacial score (nSPS) is 22.9. The highest BCUT2D eigenvalue weighted by Gasteiger charge is 2.27. The number of nitrogens with zero attached hydrogens (tertiary/aromatic N) is 1. The van der Waals surface area contributed by atoms with Crippen LogP contribution in [0.5, 0.6) is 0 Å². The van der Waals surface area contributed by atoms with Gasteiger partial charge >= 0.3 is 0 Å². The zero-order chi connectivity index (χ0) is 15.4. The summed E-state index contributed by atoms with van der Waals surface area (Å²) in [5.74, 6) is 0.614. The first kappa shape index (κ1) is 16.6. The van der Waals surface area contributed by atoms with Gasteiger partial charge in [0, 0.05) is 49.1 Å². The lowest BCUT2D eigenvalue weighted by Gasteiger charge is -2.38. The monoisotopic (exact) mass is 310 g/mol. The highest BCUT2D eigenvalue weighted by molar-refractivity contribution is 6.31. The predicted molar refractivity (Wildman–Crippen MR) is 90.2 cm³/mol. The van der Waals surface area contributed by atoms with Gasteiger partial charge < -0.3 is 15.0 Å². The number of piperidine rings is 1. The number of ether oxygens (including phenoxy) is 1. The third-order valence-electron chi connectivity index (χ3n) is 4.31. The standard InChI is InChI=1S/C17H27ClN2O/c1-12(2)19-10-14-15(18)6-5-7-16(14)20-9-8-13(3)17(11-20)21-4/h5-7,12-13,17,19H,8-11H2,1-4H3. The molecule has 1 aromatic carbocycles. The lowest BCUT2D eigenvalue weighted by atomic mass is 9.95. The molecule has 1 fully saturated rings. The molecule has 1 saturated heterocycles. The molecule has 1 aromatic rings. The van der Waals surface area contributed by atoms with Crippen LogP contribution in [0.2, 0.25) is 5.02 Å². The van der Waals surface area contributed by atoms with Gasteiger partial charge in [0.05, 0.1) is 6.10 Å². The number of rotatable bonds is 5. The predicted octanol–water partition coefficient (Wildman–Crippen LogP) is 3.70. The van der Waals surface area contributed by atoms with Gasteiger partial charge in [-0.2, -0.15) is 0 Å². The molecule has 4 heteroatoms. The first-order valence-electron chi connectivity index (χ1n) is 7.81. The maximum atomic E-state index is 6.43. The summed E-state index contributed by atoms with van der Waals surface area (Å²) in [6, 6.07) is 6.63. The summed E-state index contributed by atoms with van der Waals surface area (Å²) in [4.78, 5) is 2.41. The van der Waals surface area contributed by atoms with Gasteiger partial charge in [0.15, 0.2) is 0 Å². The van der Waals surface area contributed by atoms with Crippen LogP contribution in [0.3, 0.4) is 0 Å². The van der Waals surface area contributed by atoms with Crippen LogP contribution in [0.1, 0.15) is 32.8 Å². The van der Waals surface area contributed by atoms with Gasteiger partial charge in [0.2, 0.25) is 0 Å². The number of anilines is 1. The van der Waals surface area contributed by atoms with Crippen LogP contribution in [-0.4, -0.2) is 32.3 Å². The minimum absolute atomic E-state index is 0.295. The molecular weight excluding hydrogens is 284 g/mol. The zero-order valence-corrected chi connectivity index (χ0v) is 14.3. The molecule has 118 valence electrons. The van der Waals surface area contributed by atoms with Gasteiger partial charge in [-0.1, -0.05) is 38.4 Å². The summed E-state index contributed by atoms with van der Waals surface area (Å²) in [5.41, 5.74) is 2.43. The Labute approximate surface area is 133 Å².